The van der Waals surface area contributed by atoms with Crippen molar-refractivity contribution in [3.8, 4) is 11.5 Å². The number of rotatable bonds is 4. The molecule has 5 nitrogen and oxygen atoms in total. The molecular formula is C18H17NO4. The number of ketones is 1. The maximum absolute atomic E-state index is 12.5. The number of Topliss-reactive ketones (excluding diaryl/α,β-unsaturated/α-hetero) is 1. The number of carbonyl (C=O) groups excluding carboxylic acids is 2. The summed E-state index contributed by atoms with van der Waals surface area (Å²) in [7, 11) is 1.55. The van der Waals surface area contributed by atoms with Gasteiger partial charge in [0, 0.05) is 18.5 Å². The Bertz CT molecular complexity index is 741. The van der Waals surface area contributed by atoms with Gasteiger partial charge < -0.3 is 14.4 Å². The fourth-order valence-electron chi connectivity index (χ4n) is 2.63. The number of hydrogen-bond donors (Lipinski definition) is 0. The molecule has 118 valence electrons. The molecule has 1 amide bonds. The molecule has 1 aliphatic heterocycles. The molecule has 23 heavy (non-hydrogen) atoms. The molecule has 5 heteroatoms. The number of methoxy groups -OCH3 is 1. The van der Waals surface area contributed by atoms with E-state index in [0.29, 0.717) is 35.7 Å². The summed E-state index contributed by atoms with van der Waals surface area (Å²) in [5.41, 5.74) is 1.24. The predicted molar refractivity (Wildman–Crippen MR) is 86.2 cm³/mol. The summed E-state index contributed by atoms with van der Waals surface area (Å²) in [5.74, 6) is 0.977. The molecule has 3 rings (SSSR count). The van der Waals surface area contributed by atoms with Crippen LogP contribution in [0.15, 0.2) is 48.5 Å². The van der Waals surface area contributed by atoms with Crippen LogP contribution in [0.25, 0.3) is 0 Å². The number of para-hydroxylation sites is 3. The highest BCUT2D eigenvalue weighted by Gasteiger charge is 2.27. The first-order valence-corrected chi connectivity index (χ1v) is 7.39. The SMILES string of the molecule is COc1ccccc1OCC(=O)N1CCC(=O)c2ccccc21. The predicted octanol–water partition coefficient (Wildman–Crippen LogP) is 2.69. The fraction of sp³-hybridized carbons (Fsp3) is 0.222. The van der Waals surface area contributed by atoms with Gasteiger partial charge in [-0.1, -0.05) is 24.3 Å². The van der Waals surface area contributed by atoms with E-state index in [1.165, 1.54) is 0 Å². The van der Waals surface area contributed by atoms with E-state index in [1.807, 2.05) is 18.2 Å². The van der Waals surface area contributed by atoms with Crippen LogP contribution in [-0.2, 0) is 4.79 Å². The van der Waals surface area contributed by atoms with Crippen molar-refractivity contribution in [3.05, 3.63) is 54.1 Å². The molecule has 0 N–H and O–H groups in total. The third-order valence-electron chi connectivity index (χ3n) is 3.78. The molecule has 2 aromatic carbocycles. The first kappa shape index (κ1) is 15.1. The third kappa shape index (κ3) is 3.04. The summed E-state index contributed by atoms with van der Waals surface area (Å²) in [6.07, 6.45) is 0.331. The minimum absolute atomic E-state index is 0.0651. The zero-order chi connectivity index (χ0) is 16.2. The zero-order valence-corrected chi connectivity index (χ0v) is 12.8. The Hall–Kier alpha value is -2.82. The molecule has 2 aromatic rings. The Morgan fingerprint density at radius 2 is 1.78 bits per heavy atom. The standard InChI is InChI=1S/C18H17NO4/c1-22-16-8-4-5-9-17(16)23-12-18(21)19-11-10-15(20)13-6-2-3-7-14(13)19/h2-9H,10-12H2,1H3. The van der Waals surface area contributed by atoms with Crippen LogP contribution in [0.2, 0.25) is 0 Å². The molecule has 0 aliphatic carbocycles. The summed E-state index contributed by atoms with van der Waals surface area (Å²) < 4.78 is 10.8. The maximum atomic E-state index is 12.5. The van der Waals surface area contributed by atoms with E-state index in [0.717, 1.165) is 0 Å². The number of carbonyl (C=O) groups is 2. The van der Waals surface area contributed by atoms with E-state index in [1.54, 1.807) is 42.3 Å². The molecule has 0 fully saturated rings. The topological polar surface area (TPSA) is 55.8 Å². The maximum Gasteiger partial charge on any atom is 0.264 e. The van der Waals surface area contributed by atoms with Gasteiger partial charge in [-0.3, -0.25) is 9.59 Å². The van der Waals surface area contributed by atoms with Crippen LogP contribution in [0.5, 0.6) is 11.5 Å². The van der Waals surface area contributed by atoms with Crippen molar-refractivity contribution in [2.45, 2.75) is 6.42 Å². The van der Waals surface area contributed by atoms with Gasteiger partial charge in [0.05, 0.1) is 12.8 Å². The van der Waals surface area contributed by atoms with Crippen LogP contribution in [0.4, 0.5) is 5.69 Å². The number of amides is 1. The lowest BCUT2D eigenvalue weighted by Crippen LogP contribution is -2.40. The first-order chi connectivity index (χ1) is 11.2. The highest BCUT2D eigenvalue weighted by atomic mass is 16.5. The van der Waals surface area contributed by atoms with Gasteiger partial charge in [-0.05, 0) is 24.3 Å². The molecule has 0 bridgehead atoms. The number of benzene rings is 2. The minimum atomic E-state index is -0.184. The quantitative estimate of drug-likeness (QED) is 0.871. The summed E-state index contributed by atoms with van der Waals surface area (Å²) in [6.45, 7) is 0.271. The number of anilines is 1. The monoisotopic (exact) mass is 311 g/mol. The molecule has 0 atom stereocenters. The van der Waals surface area contributed by atoms with E-state index < -0.39 is 0 Å². The lowest BCUT2D eigenvalue weighted by atomic mass is 10.0. The summed E-state index contributed by atoms with van der Waals surface area (Å²) in [5, 5.41) is 0. The minimum Gasteiger partial charge on any atom is -0.493 e. The number of nitrogens with zero attached hydrogens (tertiary/aromatic N) is 1. The van der Waals surface area contributed by atoms with E-state index in [4.69, 9.17) is 9.47 Å². The van der Waals surface area contributed by atoms with Crippen molar-refractivity contribution < 1.29 is 19.1 Å². The van der Waals surface area contributed by atoms with Crippen molar-refractivity contribution >= 4 is 17.4 Å². The van der Waals surface area contributed by atoms with Gasteiger partial charge in [-0.25, -0.2) is 0 Å². The second kappa shape index (κ2) is 6.52. The van der Waals surface area contributed by atoms with E-state index >= 15 is 0 Å². The van der Waals surface area contributed by atoms with Gasteiger partial charge in [0.2, 0.25) is 0 Å². The third-order valence-corrected chi connectivity index (χ3v) is 3.78. The normalized spacial score (nSPS) is 13.4. The van der Waals surface area contributed by atoms with Crippen LogP contribution in [0.1, 0.15) is 16.8 Å². The second-order valence-electron chi connectivity index (χ2n) is 5.18. The van der Waals surface area contributed by atoms with Gasteiger partial charge in [0.15, 0.2) is 23.9 Å². The molecule has 0 spiro atoms. The summed E-state index contributed by atoms with van der Waals surface area (Å²) in [4.78, 5) is 26.0. The molecular weight excluding hydrogens is 294 g/mol. The second-order valence-corrected chi connectivity index (χ2v) is 5.18. The van der Waals surface area contributed by atoms with Crippen molar-refractivity contribution in [3.63, 3.8) is 0 Å². The van der Waals surface area contributed by atoms with Gasteiger partial charge in [0.25, 0.3) is 5.91 Å². The Kier molecular flexibility index (Phi) is 4.28. The van der Waals surface area contributed by atoms with Crippen LogP contribution < -0.4 is 14.4 Å². The van der Waals surface area contributed by atoms with E-state index in [2.05, 4.69) is 0 Å². The number of fused-ring (bicyclic) bond motifs is 1. The molecule has 0 saturated heterocycles. The van der Waals surface area contributed by atoms with Crippen molar-refractivity contribution in [1.29, 1.82) is 0 Å². The molecule has 1 aliphatic rings. The van der Waals surface area contributed by atoms with Crippen LogP contribution in [0, 0.1) is 0 Å². The average Bonchev–Trinajstić information content (AvgIpc) is 2.60. The number of ether oxygens (including phenoxy) is 2. The average molecular weight is 311 g/mol. The molecule has 0 unspecified atom stereocenters. The smallest absolute Gasteiger partial charge is 0.264 e. The Balaban J connectivity index is 1.74. The van der Waals surface area contributed by atoms with Crippen LogP contribution >= 0.6 is 0 Å². The molecule has 1 heterocycles. The fourth-order valence-corrected chi connectivity index (χ4v) is 2.63. The Morgan fingerprint density at radius 3 is 2.57 bits per heavy atom. The van der Waals surface area contributed by atoms with Crippen molar-refractivity contribution in [2.24, 2.45) is 0 Å². The zero-order valence-electron chi connectivity index (χ0n) is 12.8. The first-order valence-electron chi connectivity index (χ1n) is 7.39. The molecule has 0 radical (unpaired) electrons. The van der Waals surface area contributed by atoms with Crippen molar-refractivity contribution in [2.75, 3.05) is 25.2 Å². The lowest BCUT2D eigenvalue weighted by molar-refractivity contribution is -0.120. The highest BCUT2D eigenvalue weighted by Crippen LogP contribution is 2.28. The van der Waals surface area contributed by atoms with Crippen LogP contribution in [-0.4, -0.2) is 32.0 Å². The Labute approximate surface area is 134 Å². The van der Waals surface area contributed by atoms with Gasteiger partial charge in [-0.15, -0.1) is 0 Å². The lowest BCUT2D eigenvalue weighted by Gasteiger charge is -2.28. The van der Waals surface area contributed by atoms with Gasteiger partial charge in [0.1, 0.15) is 0 Å². The summed E-state index contributed by atoms with van der Waals surface area (Å²) >= 11 is 0. The van der Waals surface area contributed by atoms with Crippen LogP contribution in [0.3, 0.4) is 0 Å². The van der Waals surface area contributed by atoms with Gasteiger partial charge in [-0.2, -0.15) is 0 Å². The molecule has 0 aromatic heterocycles. The van der Waals surface area contributed by atoms with Gasteiger partial charge >= 0.3 is 0 Å². The van der Waals surface area contributed by atoms with E-state index in [-0.39, 0.29) is 18.3 Å². The largest absolute Gasteiger partial charge is 0.493 e. The number of hydrogen-bond acceptors (Lipinski definition) is 4. The highest BCUT2D eigenvalue weighted by molar-refractivity contribution is 6.09. The molecule has 0 saturated carbocycles. The van der Waals surface area contributed by atoms with Crippen molar-refractivity contribution in [1.82, 2.24) is 0 Å². The Morgan fingerprint density at radius 1 is 1.09 bits per heavy atom. The van der Waals surface area contributed by atoms with E-state index in [9.17, 15) is 9.59 Å². The summed E-state index contributed by atoms with van der Waals surface area (Å²) in [6, 6.07) is 14.3.